The molecule has 1 aromatic carbocycles. The van der Waals surface area contributed by atoms with Crippen molar-refractivity contribution in [2.75, 3.05) is 0 Å². The van der Waals surface area contributed by atoms with E-state index in [1.54, 1.807) is 6.07 Å². The second-order valence-electron chi connectivity index (χ2n) is 5.16. The van der Waals surface area contributed by atoms with Crippen LogP contribution in [-0.2, 0) is 5.75 Å². The number of tetrazole rings is 1. The smallest absolute Gasteiger partial charge is 0.336 e. The molecule has 1 aliphatic carbocycles. The quantitative estimate of drug-likeness (QED) is 0.512. The van der Waals surface area contributed by atoms with E-state index in [0.29, 0.717) is 17.4 Å². The average Bonchev–Trinajstić information content (AvgIpc) is 3.23. The molecule has 0 radical (unpaired) electrons. The molecule has 4 rings (SSSR count). The maximum atomic E-state index is 11.7. The molecule has 22 heavy (non-hydrogen) atoms. The van der Waals surface area contributed by atoms with E-state index in [4.69, 9.17) is 4.42 Å². The van der Waals surface area contributed by atoms with E-state index in [1.165, 1.54) is 17.8 Å². The fraction of sp³-hybridized carbons (Fsp3) is 0.286. The zero-order chi connectivity index (χ0) is 15.1. The van der Waals surface area contributed by atoms with Crippen molar-refractivity contribution in [2.45, 2.75) is 29.8 Å². The number of rotatable bonds is 4. The standard InChI is InChI=1S/C14H11BrN4O2S/c15-9-1-4-11-8(5-13(20)21-12(11)6-9)7-22-14-16-17-18-19(14)10-2-3-10/h1,4-6,10H,2-3,7H2. The Hall–Kier alpha value is -1.67. The summed E-state index contributed by atoms with van der Waals surface area (Å²) < 4.78 is 8.00. The summed E-state index contributed by atoms with van der Waals surface area (Å²) in [6, 6.07) is 7.66. The van der Waals surface area contributed by atoms with Crippen LogP contribution in [0.2, 0.25) is 0 Å². The van der Waals surface area contributed by atoms with Gasteiger partial charge in [0, 0.05) is 21.7 Å². The van der Waals surface area contributed by atoms with Gasteiger partial charge in [-0.1, -0.05) is 27.7 Å². The molecule has 0 bridgehead atoms. The lowest BCUT2D eigenvalue weighted by molar-refractivity contribution is 0.559. The van der Waals surface area contributed by atoms with Crippen molar-refractivity contribution in [2.24, 2.45) is 0 Å². The number of nitrogens with zero attached hydrogens (tertiary/aromatic N) is 4. The predicted molar refractivity (Wildman–Crippen MR) is 85.8 cm³/mol. The van der Waals surface area contributed by atoms with E-state index in [2.05, 4.69) is 31.5 Å². The van der Waals surface area contributed by atoms with E-state index in [-0.39, 0.29) is 5.63 Å². The van der Waals surface area contributed by atoms with Crippen LogP contribution in [0, 0.1) is 0 Å². The fourth-order valence-electron chi connectivity index (χ4n) is 2.29. The Morgan fingerprint density at radius 3 is 3.05 bits per heavy atom. The minimum absolute atomic E-state index is 0.344. The fourth-order valence-corrected chi connectivity index (χ4v) is 3.57. The van der Waals surface area contributed by atoms with Crippen molar-refractivity contribution >= 4 is 38.7 Å². The minimum Gasteiger partial charge on any atom is -0.423 e. The second-order valence-corrected chi connectivity index (χ2v) is 7.02. The number of fused-ring (bicyclic) bond motifs is 1. The lowest BCUT2D eigenvalue weighted by atomic mass is 10.1. The topological polar surface area (TPSA) is 73.8 Å². The van der Waals surface area contributed by atoms with Gasteiger partial charge in [0.05, 0.1) is 6.04 Å². The van der Waals surface area contributed by atoms with Crippen LogP contribution >= 0.6 is 27.7 Å². The van der Waals surface area contributed by atoms with E-state index in [9.17, 15) is 4.79 Å². The van der Waals surface area contributed by atoms with Crippen LogP contribution in [-0.4, -0.2) is 20.2 Å². The number of halogens is 1. The van der Waals surface area contributed by atoms with Gasteiger partial charge in [0.15, 0.2) is 0 Å². The largest absolute Gasteiger partial charge is 0.423 e. The molecule has 0 atom stereocenters. The van der Waals surface area contributed by atoms with Crippen LogP contribution in [0.4, 0.5) is 0 Å². The molecule has 1 saturated carbocycles. The van der Waals surface area contributed by atoms with Crippen LogP contribution in [0.1, 0.15) is 24.4 Å². The van der Waals surface area contributed by atoms with Gasteiger partial charge in [0.2, 0.25) is 5.16 Å². The molecule has 0 unspecified atom stereocenters. The first-order valence-electron chi connectivity index (χ1n) is 6.84. The number of aromatic nitrogens is 4. The van der Waals surface area contributed by atoms with E-state index in [1.807, 2.05) is 16.8 Å². The van der Waals surface area contributed by atoms with Crippen molar-refractivity contribution in [3.8, 4) is 0 Å². The summed E-state index contributed by atoms with van der Waals surface area (Å²) in [5, 5.41) is 13.6. The molecule has 112 valence electrons. The minimum atomic E-state index is -0.344. The first-order valence-corrected chi connectivity index (χ1v) is 8.61. The molecule has 1 aliphatic rings. The molecular weight excluding hydrogens is 368 g/mol. The van der Waals surface area contributed by atoms with Crippen LogP contribution in [0.5, 0.6) is 0 Å². The van der Waals surface area contributed by atoms with Crippen LogP contribution < -0.4 is 5.63 Å². The molecule has 1 fully saturated rings. The first kappa shape index (κ1) is 14.0. The molecule has 2 aromatic heterocycles. The van der Waals surface area contributed by atoms with Gasteiger partial charge in [-0.05, 0) is 47.0 Å². The Balaban J connectivity index is 1.66. The van der Waals surface area contributed by atoms with Crippen molar-refractivity contribution in [3.63, 3.8) is 0 Å². The van der Waals surface area contributed by atoms with Crippen LogP contribution in [0.25, 0.3) is 11.0 Å². The number of hydrogen-bond acceptors (Lipinski definition) is 6. The molecule has 3 aromatic rings. The Bertz CT molecular complexity index is 903. The maximum Gasteiger partial charge on any atom is 0.336 e. The Kier molecular flexibility index (Phi) is 3.50. The summed E-state index contributed by atoms with van der Waals surface area (Å²) in [5.74, 6) is 0.622. The van der Waals surface area contributed by atoms with Gasteiger partial charge >= 0.3 is 5.63 Å². The second kappa shape index (κ2) is 5.51. The highest BCUT2D eigenvalue weighted by atomic mass is 79.9. The molecule has 2 heterocycles. The zero-order valence-corrected chi connectivity index (χ0v) is 13.8. The third-order valence-electron chi connectivity index (χ3n) is 3.50. The van der Waals surface area contributed by atoms with Gasteiger partial charge < -0.3 is 4.42 Å². The van der Waals surface area contributed by atoms with Gasteiger partial charge in [0.1, 0.15) is 5.58 Å². The average molecular weight is 379 g/mol. The van der Waals surface area contributed by atoms with Crippen LogP contribution in [0.3, 0.4) is 0 Å². The summed E-state index contributed by atoms with van der Waals surface area (Å²) >= 11 is 4.92. The monoisotopic (exact) mass is 378 g/mol. The van der Waals surface area contributed by atoms with E-state index < -0.39 is 0 Å². The summed E-state index contributed by atoms with van der Waals surface area (Å²) in [6.07, 6.45) is 2.26. The number of thioether (sulfide) groups is 1. The summed E-state index contributed by atoms with van der Waals surface area (Å²) in [5.41, 5.74) is 1.16. The first-order chi connectivity index (χ1) is 10.7. The highest BCUT2D eigenvalue weighted by molar-refractivity contribution is 9.10. The third-order valence-corrected chi connectivity index (χ3v) is 4.98. The van der Waals surface area contributed by atoms with Gasteiger partial charge in [-0.2, -0.15) is 0 Å². The molecule has 0 amide bonds. The molecule has 8 heteroatoms. The van der Waals surface area contributed by atoms with Crippen molar-refractivity contribution in [1.82, 2.24) is 20.2 Å². The summed E-state index contributed by atoms with van der Waals surface area (Å²) in [7, 11) is 0. The van der Waals surface area contributed by atoms with Gasteiger partial charge in [0.25, 0.3) is 0 Å². The van der Waals surface area contributed by atoms with Crippen molar-refractivity contribution in [1.29, 1.82) is 0 Å². The lowest BCUT2D eigenvalue weighted by Crippen LogP contribution is -2.01. The van der Waals surface area contributed by atoms with Gasteiger partial charge in [-0.3, -0.25) is 0 Å². The Morgan fingerprint density at radius 2 is 2.23 bits per heavy atom. The summed E-state index contributed by atoms with van der Waals surface area (Å²) in [6.45, 7) is 0. The van der Waals surface area contributed by atoms with Gasteiger partial charge in [-0.15, -0.1) is 5.10 Å². The maximum absolute atomic E-state index is 11.7. The molecule has 0 saturated heterocycles. The van der Waals surface area contributed by atoms with Gasteiger partial charge in [-0.25, -0.2) is 9.48 Å². The zero-order valence-electron chi connectivity index (χ0n) is 11.4. The van der Waals surface area contributed by atoms with E-state index >= 15 is 0 Å². The van der Waals surface area contributed by atoms with E-state index in [0.717, 1.165) is 33.4 Å². The predicted octanol–water partition coefficient (Wildman–Crippen LogP) is 3.17. The SMILES string of the molecule is O=c1cc(CSc2nnnn2C2CC2)c2ccc(Br)cc2o1. The van der Waals surface area contributed by atoms with Crippen LogP contribution in [0.15, 0.2) is 43.1 Å². The highest BCUT2D eigenvalue weighted by Gasteiger charge is 2.27. The van der Waals surface area contributed by atoms with Crippen molar-refractivity contribution in [3.05, 3.63) is 44.7 Å². The highest BCUT2D eigenvalue weighted by Crippen LogP contribution is 2.37. The molecule has 6 nitrogen and oxygen atoms in total. The molecule has 0 spiro atoms. The number of benzene rings is 1. The molecule has 0 N–H and O–H groups in total. The normalized spacial score (nSPS) is 14.6. The Labute approximate surface area is 138 Å². The molecule has 0 aliphatic heterocycles. The lowest BCUT2D eigenvalue weighted by Gasteiger charge is -2.05. The number of hydrogen-bond donors (Lipinski definition) is 0. The summed E-state index contributed by atoms with van der Waals surface area (Å²) in [4.78, 5) is 11.7. The van der Waals surface area contributed by atoms with Crippen molar-refractivity contribution < 1.29 is 4.42 Å². The third kappa shape index (κ3) is 2.68. The Morgan fingerprint density at radius 1 is 1.36 bits per heavy atom. The molecular formula is C14H11BrN4O2S.